The molecule has 0 saturated carbocycles. The minimum atomic E-state index is -0.387. The summed E-state index contributed by atoms with van der Waals surface area (Å²) in [7, 11) is 0. The molecule has 0 unspecified atom stereocenters. The predicted octanol–water partition coefficient (Wildman–Crippen LogP) is 2.03. The van der Waals surface area contributed by atoms with Gasteiger partial charge in [0.15, 0.2) is 6.29 Å². The molecule has 0 aliphatic carbocycles. The van der Waals surface area contributed by atoms with E-state index in [1.54, 1.807) is 20.8 Å². The fourth-order valence-corrected chi connectivity index (χ4v) is 3.65. The van der Waals surface area contributed by atoms with Gasteiger partial charge in [0.25, 0.3) is 5.91 Å². The summed E-state index contributed by atoms with van der Waals surface area (Å²) < 4.78 is 16.2. The zero-order valence-corrected chi connectivity index (χ0v) is 15.1. The molecule has 1 N–H and O–H groups in total. The molecule has 2 fully saturated rings. The fourth-order valence-electron chi connectivity index (χ4n) is 3.65. The molecular formula is C18H26N2O5. The first-order chi connectivity index (χ1) is 12.0. The molecule has 138 valence electrons. The zero-order valence-electron chi connectivity index (χ0n) is 15.1. The first-order valence-electron chi connectivity index (χ1n) is 8.91. The molecule has 0 atom stereocenters. The summed E-state index contributed by atoms with van der Waals surface area (Å²) in [5.74, 6) is -0.113. The van der Waals surface area contributed by atoms with Crippen LogP contribution in [0.3, 0.4) is 0 Å². The quantitative estimate of drug-likeness (QED) is 0.841. The van der Waals surface area contributed by atoms with Gasteiger partial charge in [0, 0.05) is 24.7 Å². The minimum absolute atomic E-state index is 0.0668. The third kappa shape index (κ3) is 3.57. The van der Waals surface area contributed by atoms with E-state index in [0.29, 0.717) is 61.3 Å². The Hall–Kier alpha value is -1.86. The normalized spacial score (nSPS) is 19.4. The number of likely N-dealkylation sites (tertiary alicyclic amines) is 1. The lowest BCUT2D eigenvalue weighted by Gasteiger charge is -2.33. The molecule has 3 heterocycles. The molecule has 1 aromatic rings. The van der Waals surface area contributed by atoms with Gasteiger partial charge >= 0.3 is 5.97 Å². The number of hydrogen-bond acceptors (Lipinski definition) is 5. The molecule has 2 saturated heterocycles. The van der Waals surface area contributed by atoms with Crippen LogP contribution in [0.25, 0.3) is 0 Å². The first kappa shape index (κ1) is 17.9. The first-order valence-corrected chi connectivity index (χ1v) is 8.91. The third-order valence-corrected chi connectivity index (χ3v) is 4.99. The van der Waals surface area contributed by atoms with Crippen LogP contribution >= 0.6 is 0 Å². The summed E-state index contributed by atoms with van der Waals surface area (Å²) in [4.78, 5) is 29.9. The highest BCUT2D eigenvalue weighted by molar-refractivity contribution is 6.00. The Morgan fingerprint density at radius 2 is 1.84 bits per heavy atom. The number of rotatable bonds is 4. The van der Waals surface area contributed by atoms with Gasteiger partial charge in [0.2, 0.25) is 0 Å². The molecule has 0 spiro atoms. The summed E-state index contributed by atoms with van der Waals surface area (Å²) >= 11 is 0. The van der Waals surface area contributed by atoms with Gasteiger partial charge in [0.1, 0.15) is 5.69 Å². The summed E-state index contributed by atoms with van der Waals surface area (Å²) in [6.07, 6.45) is 1.60. The van der Waals surface area contributed by atoms with Crippen molar-refractivity contribution in [1.29, 1.82) is 0 Å². The Kier molecular flexibility index (Phi) is 5.44. The van der Waals surface area contributed by atoms with Crippen LogP contribution in [0.4, 0.5) is 0 Å². The van der Waals surface area contributed by atoms with E-state index < -0.39 is 0 Å². The fraction of sp³-hybridized carbons (Fsp3) is 0.667. The number of carbonyl (C=O) groups excluding carboxylic acids is 2. The number of amides is 1. The van der Waals surface area contributed by atoms with E-state index in [2.05, 4.69) is 4.98 Å². The molecule has 7 nitrogen and oxygen atoms in total. The van der Waals surface area contributed by atoms with Crippen molar-refractivity contribution >= 4 is 11.9 Å². The van der Waals surface area contributed by atoms with E-state index in [9.17, 15) is 9.59 Å². The number of nitrogens with one attached hydrogen (secondary N) is 1. The molecular weight excluding hydrogens is 324 g/mol. The van der Waals surface area contributed by atoms with Crippen LogP contribution in [0.1, 0.15) is 51.9 Å². The summed E-state index contributed by atoms with van der Waals surface area (Å²) in [6.45, 7) is 8.29. The Morgan fingerprint density at radius 3 is 2.44 bits per heavy atom. The highest BCUT2D eigenvalue weighted by atomic mass is 16.7. The van der Waals surface area contributed by atoms with Gasteiger partial charge in [-0.1, -0.05) is 0 Å². The third-order valence-electron chi connectivity index (χ3n) is 4.99. The standard InChI is InChI=1S/C18H26N2O5/c1-4-23-17(22)14-11(2)15(19-12(14)3)16(21)20-7-5-13(6-8-20)18-24-9-10-25-18/h13,18-19H,4-10H2,1-3H3. The number of H-pyrrole nitrogens is 1. The van der Waals surface area contributed by atoms with Crippen molar-refractivity contribution < 1.29 is 23.8 Å². The Balaban J connectivity index is 1.67. The smallest absolute Gasteiger partial charge is 0.340 e. The highest BCUT2D eigenvalue weighted by Crippen LogP contribution is 2.27. The average Bonchev–Trinajstić information content (AvgIpc) is 3.23. The molecule has 0 radical (unpaired) electrons. The number of aryl methyl sites for hydroxylation is 1. The number of esters is 1. The number of carbonyl (C=O) groups is 2. The van der Waals surface area contributed by atoms with Gasteiger partial charge in [-0.2, -0.15) is 0 Å². The van der Waals surface area contributed by atoms with Gasteiger partial charge in [-0.25, -0.2) is 4.79 Å². The number of ether oxygens (including phenoxy) is 3. The Morgan fingerprint density at radius 1 is 1.20 bits per heavy atom. The van der Waals surface area contributed by atoms with Crippen LogP contribution in [0.2, 0.25) is 0 Å². The van der Waals surface area contributed by atoms with Gasteiger partial charge in [-0.05, 0) is 39.2 Å². The van der Waals surface area contributed by atoms with E-state index in [1.165, 1.54) is 0 Å². The van der Waals surface area contributed by atoms with Crippen molar-refractivity contribution in [2.24, 2.45) is 5.92 Å². The van der Waals surface area contributed by atoms with Crippen LogP contribution in [0, 0.1) is 19.8 Å². The molecule has 0 aromatic carbocycles. The van der Waals surface area contributed by atoms with Crippen molar-refractivity contribution in [1.82, 2.24) is 9.88 Å². The molecule has 1 aromatic heterocycles. The van der Waals surface area contributed by atoms with Crippen LogP contribution in [0.15, 0.2) is 0 Å². The zero-order chi connectivity index (χ0) is 18.0. The van der Waals surface area contributed by atoms with Gasteiger partial charge < -0.3 is 24.1 Å². The Labute approximate surface area is 147 Å². The van der Waals surface area contributed by atoms with Gasteiger partial charge in [-0.3, -0.25) is 4.79 Å². The van der Waals surface area contributed by atoms with Crippen molar-refractivity contribution in [2.45, 2.75) is 39.9 Å². The number of hydrogen-bond donors (Lipinski definition) is 1. The molecule has 2 aliphatic heterocycles. The van der Waals surface area contributed by atoms with Crippen molar-refractivity contribution in [3.8, 4) is 0 Å². The summed E-state index contributed by atoms with van der Waals surface area (Å²) in [6, 6.07) is 0. The van der Waals surface area contributed by atoms with E-state index in [-0.39, 0.29) is 18.2 Å². The molecule has 3 rings (SSSR count). The monoisotopic (exact) mass is 350 g/mol. The second-order valence-corrected chi connectivity index (χ2v) is 6.59. The molecule has 0 bridgehead atoms. The maximum atomic E-state index is 12.9. The molecule has 1 amide bonds. The number of aromatic amines is 1. The number of nitrogens with zero attached hydrogens (tertiary/aromatic N) is 1. The Bertz CT molecular complexity index is 640. The van der Waals surface area contributed by atoms with E-state index in [4.69, 9.17) is 14.2 Å². The lowest BCUT2D eigenvalue weighted by Crippen LogP contribution is -2.41. The summed E-state index contributed by atoms with van der Waals surface area (Å²) in [5, 5.41) is 0. The highest BCUT2D eigenvalue weighted by Gasteiger charge is 2.33. The van der Waals surface area contributed by atoms with E-state index in [0.717, 1.165) is 12.8 Å². The lowest BCUT2D eigenvalue weighted by molar-refractivity contribution is -0.0956. The van der Waals surface area contributed by atoms with Crippen LogP contribution < -0.4 is 0 Å². The minimum Gasteiger partial charge on any atom is -0.462 e. The SMILES string of the molecule is CCOC(=O)c1c(C)[nH]c(C(=O)N2CCC(C3OCCO3)CC2)c1C. The van der Waals surface area contributed by atoms with E-state index in [1.807, 2.05) is 4.90 Å². The lowest BCUT2D eigenvalue weighted by atomic mass is 9.96. The number of piperidine rings is 1. The van der Waals surface area contributed by atoms with Gasteiger partial charge in [0.05, 0.1) is 25.4 Å². The van der Waals surface area contributed by atoms with Crippen molar-refractivity contribution in [3.63, 3.8) is 0 Å². The average molecular weight is 350 g/mol. The molecule has 2 aliphatic rings. The second-order valence-electron chi connectivity index (χ2n) is 6.59. The van der Waals surface area contributed by atoms with Crippen LogP contribution in [0.5, 0.6) is 0 Å². The van der Waals surface area contributed by atoms with Crippen molar-refractivity contribution in [3.05, 3.63) is 22.5 Å². The summed E-state index contributed by atoms with van der Waals surface area (Å²) in [5.41, 5.74) is 2.27. The van der Waals surface area contributed by atoms with Crippen LogP contribution in [-0.2, 0) is 14.2 Å². The van der Waals surface area contributed by atoms with Crippen molar-refractivity contribution in [2.75, 3.05) is 32.9 Å². The maximum Gasteiger partial charge on any atom is 0.340 e. The van der Waals surface area contributed by atoms with Crippen LogP contribution in [-0.4, -0.2) is 61.0 Å². The predicted molar refractivity (Wildman–Crippen MR) is 90.5 cm³/mol. The maximum absolute atomic E-state index is 12.9. The van der Waals surface area contributed by atoms with E-state index >= 15 is 0 Å². The number of aromatic nitrogens is 1. The van der Waals surface area contributed by atoms with Gasteiger partial charge in [-0.15, -0.1) is 0 Å². The molecule has 7 heteroatoms. The molecule has 25 heavy (non-hydrogen) atoms. The topological polar surface area (TPSA) is 80.9 Å². The second kappa shape index (κ2) is 7.58. The largest absolute Gasteiger partial charge is 0.462 e.